The minimum absolute atomic E-state index is 0.118. The number of aliphatic imine (C=N–C) groups is 1. The number of amides is 1. The first kappa shape index (κ1) is 28.1. The molecule has 1 saturated heterocycles. The van der Waals surface area contributed by atoms with Crippen LogP contribution in [0.15, 0.2) is 75.0 Å². The number of amidine groups is 1. The normalized spacial score (nSPS) is 15.5. The molecule has 3 aromatic rings. The third-order valence-corrected chi connectivity index (χ3v) is 8.41. The summed E-state index contributed by atoms with van der Waals surface area (Å²) in [5.41, 5.74) is 3.10. The number of halogens is 3. The third-order valence-electron chi connectivity index (χ3n) is 5.22. The highest BCUT2D eigenvalue weighted by atomic mass is 127. The van der Waals surface area contributed by atoms with Gasteiger partial charge in [-0.3, -0.25) is 9.69 Å². The molecule has 4 rings (SSSR count). The first-order valence-electron chi connectivity index (χ1n) is 11.1. The number of hydrogen-bond acceptors (Lipinski definition) is 6. The molecule has 10 heteroatoms. The van der Waals surface area contributed by atoms with E-state index in [0.717, 1.165) is 28.5 Å². The molecule has 0 atom stereocenters. The van der Waals surface area contributed by atoms with Crippen LogP contribution in [0.25, 0.3) is 6.08 Å². The summed E-state index contributed by atoms with van der Waals surface area (Å²) in [4.78, 5) is 31.5. The summed E-state index contributed by atoms with van der Waals surface area (Å²) in [6.45, 7) is 2.56. The standard InChI is InChI=1S/C27H21BrI2N2O4S/c1-3-35-26(34)18-6-10-20(11-7-18)31-27-32(2)25(33)23(37-27)14-17-12-21(29)24(22(30)13-17)36-15-16-4-8-19(28)9-5-16/h4-14H,3,15H2,1-2H3. The highest BCUT2D eigenvalue weighted by Crippen LogP contribution is 2.35. The Hall–Kier alpha value is -1.90. The molecule has 1 amide bonds. The maximum absolute atomic E-state index is 12.9. The largest absolute Gasteiger partial charge is 0.487 e. The number of esters is 1. The zero-order chi connectivity index (χ0) is 26.5. The van der Waals surface area contributed by atoms with Crippen molar-refractivity contribution >= 4 is 102 Å². The minimum Gasteiger partial charge on any atom is -0.487 e. The molecule has 0 aromatic heterocycles. The van der Waals surface area contributed by atoms with Crippen molar-refractivity contribution < 1.29 is 19.1 Å². The van der Waals surface area contributed by atoms with Gasteiger partial charge in [-0.15, -0.1) is 0 Å². The van der Waals surface area contributed by atoms with Gasteiger partial charge in [-0.05, 0) is 130 Å². The zero-order valence-electron chi connectivity index (χ0n) is 19.8. The number of thioether (sulfide) groups is 1. The Balaban J connectivity index is 1.49. The zero-order valence-corrected chi connectivity index (χ0v) is 26.6. The summed E-state index contributed by atoms with van der Waals surface area (Å²) >= 11 is 9.29. The molecule has 0 bridgehead atoms. The van der Waals surface area contributed by atoms with Gasteiger partial charge in [0.2, 0.25) is 0 Å². The van der Waals surface area contributed by atoms with Crippen LogP contribution in [0.4, 0.5) is 5.69 Å². The molecule has 190 valence electrons. The number of nitrogens with zero attached hydrogens (tertiary/aromatic N) is 2. The number of likely N-dealkylation sites (N-methyl/N-ethyl adjacent to an activating group) is 1. The van der Waals surface area contributed by atoms with Gasteiger partial charge in [0.05, 0.1) is 29.9 Å². The highest BCUT2D eigenvalue weighted by Gasteiger charge is 2.30. The molecule has 3 aromatic carbocycles. The fourth-order valence-corrected chi connectivity index (χ4v) is 6.72. The Morgan fingerprint density at radius 2 is 1.73 bits per heavy atom. The smallest absolute Gasteiger partial charge is 0.338 e. The van der Waals surface area contributed by atoms with Crippen LogP contribution in [0, 0.1) is 7.14 Å². The molecule has 1 aliphatic rings. The van der Waals surface area contributed by atoms with E-state index in [1.54, 1.807) is 38.2 Å². The van der Waals surface area contributed by atoms with E-state index >= 15 is 0 Å². The number of ether oxygens (including phenoxy) is 2. The summed E-state index contributed by atoms with van der Waals surface area (Å²) in [6, 6.07) is 18.8. The SMILES string of the molecule is CCOC(=O)c1ccc(N=C2SC(=Cc3cc(I)c(OCc4ccc(Br)cc4)c(I)c3)C(=O)N2C)cc1. The lowest BCUT2D eigenvalue weighted by atomic mass is 10.2. The fourth-order valence-electron chi connectivity index (χ4n) is 3.34. The van der Waals surface area contributed by atoms with Crippen LogP contribution in [-0.4, -0.2) is 35.6 Å². The van der Waals surface area contributed by atoms with Gasteiger partial charge < -0.3 is 9.47 Å². The van der Waals surface area contributed by atoms with E-state index in [9.17, 15) is 9.59 Å². The molecule has 0 saturated carbocycles. The van der Waals surface area contributed by atoms with Crippen molar-refractivity contribution in [2.45, 2.75) is 13.5 Å². The molecule has 0 radical (unpaired) electrons. The van der Waals surface area contributed by atoms with Gasteiger partial charge in [-0.2, -0.15) is 0 Å². The molecule has 1 fully saturated rings. The Morgan fingerprint density at radius 3 is 2.35 bits per heavy atom. The predicted octanol–water partition coefficient (Wildman–Crippen LogP) is 7.65. The van der Waals surface area contributed by atoms with Gasteiger partial charge in [0.1, 0.15) is 12.4 Å². The second-order valence-electron chi connectivity index (χ2n) is 7.87. The lowest BCUT2D eigenvalue weighted by molar-refractivity contribution is -0.121. The van der Waals surface area contributed by atoms with Gasteiger partial charge in [0.25, 0.3) is 5.91 Å². The Kier molecular flexibility index (Phi) is 9.70. The molecule has 0 spiro atoms. The van der Waals surface area contributed by atoms with Crippen molar-refractivity contribution in [1.29, 1.82) is 0 Å². The van der Waals surface area contributed by atoms with Crippen LogP contribution in [0.1, 0.15) is 28.4 Å². The van der Waals surface area contributed by atoms with Crippen molar-refractivity contribution in [2.75, 3.05) is 13.7 Å². The summed E-state index contributed by atoms with van der Waals surface area (Å²) < 4.78 is 14.1. The monoisotopic (exact) mass is 802 g/mol. The summed E-state index contributed by atoms with van der Waals surface area (Å²) in [5.74, 6) is 0.332. The Labute approximate surface area is 255 Å². The third kappa shape index (κ3) is 7.15. The molecule has 0 aliphatic carbocycles. The first-order valence-corrected chi connectivity index (χ1v) is 14.9. The minimum atomic E-state index is -0.372. The topological polar surface area (TPSA) is 68.2 Å². The predicted molar refractivity (Wildman–Crippen MR) is 168 cm³/mol. The maximum atomic E-state index is 12.9. The molecular weight excluding hydrogens is 782 g/mol. The van der Waals surface area contributed by atoms with Crippen molar-refractivity contribution in [3.63, 3.8) is 0 Å². The lowest BCUT2D eigenvalue weighted by Crippen LogP contribution is -2.23. The van der Waals surface area contributed by atoms with E-state index in [0.29, 0.717) is 34.5 Å². The van der Waals surface area contributed by atoms with E-state index in [4.69, 9.17) is 9.47 Å². The molecule has 37 heavy (non-hydrogen) atoms. The van der Waals surface area contributed by atoms with E-state index in [-0.39, 0.29) is 11.9 Å². The molecule has 0 unspecified atom stereocenters. The van der Waals surface area contributed by atoms with Crippen LogP contribution >= 0.6 is 72.9 Å². The van der Waals surface area contributed by atoms with Crippen LogP contribution in [0.3, 0.4) is 0 Å². The van der Waals surface area contributed by atoms with Gasteiger partial charge >= 0.3 is 5.97 Å². The number of carbonyl (C=O) groups excluding carboxylic acids is 2. The molecule has 1 aliphatic heterocycles. The summed E-state index contributed by atoms with van der Waals surface area (Å²) in [5, 5.41) is 0.568. The quantitative estimate of drug-likeness (QED) is 0.140. The average Bonchev–Trinajstić information content (AvgIpc) is 3.12. The molecular formula is C27H21BrI2N2O4S. The maximum Gasteiger partial charge on any atom is 0.338 e. The Morgan fingerprint density at radius 1 is 1.08 bits per heavy atom. The van der Waals surface area contributed by atoms with E-state index in [1.807, 2.05) is 42.5 Å². The van der Waals surface area contributed by atoms with Crippen LogP contribution < -0.4 is 4.74 Å². The van der Waals surface area contributed by atoms with Crippen molar-refractivity contribution in [2.24, 2.45) is 4.99 Å². The van der Waals surface area contributed by atoms with Gasteiger partial charge in [0.15, 0.2) is 5.17 Å². The highest BCUT2D eigenvalue weighted by molar-refractivity contribution is 14.1. The number of benzene rings is 3. The summed E-state index contributed by atoms with van der Waals surface area (Å²) in [6.07, 6.45) is 1.87. The van der Waals surface area contributed by atoms with Gasteiger partial charge in [0, 0.05) is 11.5 Å². The average molecular weight is 803 g/mol. The number of carbonyl (C=O) groups is 2. The summed E-state index contributed by atoms with van der Waals surface area (Å²) in [7, 11) is 1.70. The van der Waals surface area contributed by atoms with Gasteiger partial charge in [-0.25, -0.2) is 9.79 Å². The van der Waals surface area contributed by atoms with Crippen molar-refractivity contribution in [3.8, 4) is 5.75 Å². The Bertz CT molecular complexity index is 1370. The van der Waals surface area contributed by atoms with Crippen LogP contribution in [0.2, 0.25) is 0 Å². The molecule has 0 N–H and O–H groups in total. The van der Waals surface area contributed by atoms with Crippen molar-refractivity contribution in [3.05, 3.63) is 93.9 Å². The lowest BCUT2D eigenvalue weighted by Gasteiger charge is -2.12. The first-order chi connectivity index (χ1) is 17.7. The second-order valence-corrected chi connectivity index (χ2v) is 12.1. The second kappa shape index (κ2) is 12.8. The fraction of sp³-hybridized carbons (Fsp3) is 0.148. The van der Waals surface area contributed by atoms with Gasteiger partial charge in [-0.1, -0.05) is 28.1 Å². The molecule has 1 heterocycles. The van der Waals surface area contributed by atoms with Crippen molar-refractivity contribution in [1.82, 2.24) is 4.90 Å². The van der Waals surface area contributed by atoms with Crippen LogP contribution in [0.5, 0.6) is 5.75 Å². The van der Waals surface area contributed by atoms with E-state index < -0.39 is 0 Å². The number of hydrogen-bond donors (Lipinski definition) is 0. The van der Waals surface area contributed by atoms with E-state index in [2.05, 4.69) is 66.1 Å². The van der Waals surface area contributed by atoms with Crippen LogP contribution in [-0.2, 0) is 16.1 Å². The molecule has 6 nitrogen and oxygen atoms in total. The number of rotatable bonds is 7. The van der Waals surface area contributed by atoms with E-state index in [1.165, 1.54) is 16.7 Å².